The minimum absolute atomic E-state index is 0.0200. The van der Waals surface area contributed by atoms with Gasteiger partial charge in [0.2, 0.25) is 0 Å². The fourth-order valence-corrected chi connectivity index (χ4v) is 3.78. The number of rotatable bonds is 4. The lowest BCUT2D eigenvalue weighted by molar-refractivity contribution is 0.0859. The monoisotopic (exact) mass is 375 g/mol. The number of piperidine rings is 1. The van der Waals surface area contributed by atoms with Crippen LogP contribution in [0.15, 0.2) is 30.5 Å². The summed E-state index contributed by atoms with van der Waals surface area (Å²) in [7, 11) is 0. The summed E-state index contributed by atoms with van der Waals surface area (Å²) in [6.45, 7) is 5.21. The molecule has 7 heteroatoms. The van der Waals surface area contributed by atoms with Crippen molar-refractivity contribution >= 4 is 28.3 Å². The standard InChI is InChI=1S/C19H22FN3O2S/c1-12(2)16-11-21-18(26-16)22-19(25)23-9-7-14(8-10-23)17(24)13-3-5-15(20)6-4-13/h3-6,11-12,14H,7-10H2,1-2H3,(H,21,22,25). The van der Waals surface area contributed by atoms with Crippen LogP contribution in [-0.2, 0) is 0 Å². The largest absolute Gasteiger partial charge is 0.324 e. The summed E-state index contributed by atoms with van der Waals surface area (Å²) in [5, 5.41) is 3.44. The van der Waals surface area contributed by atoms with Crippen LogP contribution >= 0.6 is 11.3 Å². The molecule has 5 nitrogen and oxygen atoms in total. The first-order chi connectivity index (χ1) is 12.4. The van der Waals surface area contributed by atoms with E-state index in [1.165, 1.54) is 35.6 Å². The topological polar surface area (TPSA) is 62.3 Å². The van der Waals surface area contributed by atoms with E-state index in [9.17, 15) is 14.0 Å². The molecule has 1 N–H and O–H groups in total. The van der Waals surface area contributed by atoms with Crippen molar-refractivity contribution in [3.8, 4) is 0 Å². The van der Waals surface area contributed by atoms with Crippen LogP contribution in [0.2, 0.25) is 0 Å². The average molecular weight is 375 g/mol. The molecule has 138 valence electrons. The number of carbonyl (C=O) groups is 2. The molecular formula is C19H22FN3O2S. The second-order valence-corrected chi connectivity index (χ2v) is 7.85. The van der Waals surface area contributed by atoms with E-state index in [0.29, 0.717) is 42.5 Å². The highest BCUT2D eigenvalue weighted by Gasteiger charge is 2.28. The Bertz CT molecular complexity index is 780. The minimum Gasteiger partial charge on any atom is -0.324 e. The second kappa shape index (κ2) is 7.95. The van der Waals surface area contributed by atoms with E-state index in [1.54, 1.807) is 11.1 Å². The highest BCUT2D eigenvalue weighted by Crippen LogP contribution is 2.26. The molecule has 0 atom stereocenters. The molecule has 1 saturated heterocycles. The first kappa shape index (κ1) is 18.5. The number of carbonyl (C=O) groups excluding carboxylic acids is 2. The number of hydrogen-bond acceptors (Lipinski definition) is 4. The molecule has 1 aromatic heterocycles. The predicted octanol–water partition coefficient (Wildman–Crippen LogP) is 4.53. The Kier molecular flexibility index (Phi) is 5.66. The molecule has 0 radical (unpaired) electrons. The zero-order valence-electron chi connectivity index (χ0n) is 14.9. The van der Waals surface area contributed by atoms with Crippen LogP contribution in [-0.4, -0.2) is 34.8 Å². The SMILES string of the molecule is CC(C)c1cnc(NC(=O)N2CCC(C(=O)c3ccc(F)cc3)CC2)s1. The van der Waals surface area contributed by atoms with Gasteiger partial charge in [-0.15, -0.1) is 11.3 Å². The lowest BCUT2D eigenvalue weighted by Gasteiger charge is -2.31. The van der Waals surface area contributed by atoms with Crippen molar-refractivity contribution < 1.29 is 14.0 Å². The molecule has 0 bridgehead atoms. The first-order valence-corrected chi connectivity index (χ1v) is 9.57. The molecule has 1 aromatic carbocycles. The lowest BCUT2D eigenvalue weighted by Crippen LogP contribution is -2.42. The zero-order chi connectivity index (χ0) is 18.7. The van der Waals surface area contributed by atoms with Gasteiger partial charge in [-0.25, -0.2) is 14.2 Å². The summed E-state index contributed by atoms with van der Waals surface area (Å²) in [4.78, 5) is 32.0. The average Bonchev–Trinajstić information content (AvgIpc) is 3.11. The normalized spacial score (nSPS) is 15.3. The molecule has 2 heterocycles. The van der Waals surface area contributed by atoms with E-state index < -0.39 is 0 Å². The molecule has 2 amide bonds. The number of thiazole rings is 1. The van der Waals surface area contributed by atoms with Crippen LogP contribution in [0.3, 0.4) is 0 Å². The van der Waals surface area contributed by atoms with Gasteiger partial charge in [0.1, 0.15) is 5.82 Å². The van der Waals surface area contributed by atoms with Gasteiger partial charge < -0.3 is 4.90 Å². The van der Waals surface area contributed by atoms with Gasteiger partial charge in [0.05, 0.1) is 0 Å². The highest BCUT2D eigenvalue weighted by molar-refractivity contribution is 7.15. The number of anilines is 1. The molecule has 0 aliphatic carbocycles. The first-order valence-electron chi connectivity index (χ1n) is 8.75. The van der Waals surface area contributed by atoms with Gasteiger partial charge in [-0.2, -0.15) is 0 Å². The second-order valence-electron chi connectivity index (χ2n) is 6.79. The summed E-state index contributed by atoms with van der Waals surface area (Å²) < 4.78 is 13.0. The minimum atomic E-state index is -0.351. The number of Topliss-reactive ketones (excluding diaryl/α,β-unsaturated/α-hetero) is 1. The summed E-state index contributed by atoms with van der Waals surface area (Å²) in [6, 6.07) is 5.46. The number of nitrogens with zero attached hydrogens (tertiary/aromatic N) is 2. The van der Waals surface area contributed by atoms with Crippen LogP contribution in [0.5, 0.6) is 0 Å². The summed E-state index contributed by atoms with van der Waals surface area (Å²) >= 11 is 1.48. The Balaban J connectivity index is 1.53. The van der Waals surface area contributed by atoms with Crippen molar-refractivity contribution in [1.82, 2.24) is 9.88 Å². The molecule has 0 saturated carbocycles. The molecular weight excluding hydrogens is 353 g/mol. The zero-order valence-corrected chi connectivity index (χ0v) is 15.7. The number of hydrogen-bond donors (Lipinski definition) is 1. The van der Waals surface area contributed by atoms with Gasteiger partial charge in [0.25, 0.3) is 0 Å². The molecule has 1 fully saturated rings. The van der Waals surface area contributed by atoms with Gasteiger partial charge in [-0.1, -0.05) is 13.8 Å². The number of halogens is 1. The maximum Gasteiger partial charge on any atom is 0.323 e. The number of ketones is 1. The molecule has 1 aliphatic rings. The lowest BCUT2D eigenvalue weighted by atomic mass is 9.89. The van der Waals surface area contributed by atoms with E-state index >= 15 is 0 Å². The number of aromatic nitrogens is 1. The Hall–Kier alpha value is -2.28. The van der Waals surface area contributed by atoms with Crippen LogP contribution < -0.4 is 5.32 Å². The number of nitrogens with one attached hydrogen (secondary N) is 1. The van der Waals surface area contributed by atoms with E-state index in [1.807, 2.05) is 0 Å². The van der Waals surface area contributed by atoms with Gasteiger partial charge in [-0.3, -0.25) is 10.1 Å². The van der Waals surface area contributed by atoms with Gasteiger partial charge in [-0.05, 0) is 43.0 Å². The Morgan fingerprint density at radius 1 is 1.23 bits per heavy atom. The fraction of sp³-hybridized carbons (Fsp3) is 0.421. The molecule has 1 aliphatic heterocycles. The third kappa shape index (κ3) is 4.27. The molecule has 2 aromatic rings. The Morgan fingerprint density at radius 3 is 2.46 bits per heavy atom. The van der Waals surface area contributed by atoms with Crippen molar-refractivity contribution in [3.63, 3.8) is 0 Å². The third-order valence-electron chi connectivity index (χ3n) is 4.59. The molecule has 0 unspecified atom stereocenters. The maximum absolute atomic E-state index is 13.0. The quantitative estimate of drug-likeness (QED) is 0.799. The van der Waals surface area contributed by atoms with Gasteiger partial charge in [0.15, 0.2) is 10.9 Å². The van der Waals surface area contributed by atoms with Crippen molar-refractivity contribution in [1.29, 1.82) is 0 Å². The van der Waals surface area contributed by atoms with Crippen molar-refractivity contribution in [2.75, 3.05) is 18.4 Å². The van der Waals surface area contributed by atoms with Crippen LogP contribution in [0.25, 0.3) is 0 Å². The van der Waals surface area contributed by atoms with Crippen LogP contribution in [0.4, 0.5) is 14.3 Å². The van der Waals surface area contributed by atoms with E-state index in [0.717, 1.165) is 4.88 Å². The smallest absolute Gasteiger partial charge is 0.323 e. The van der Waals surface area contributed by atoms with Crippen molar-refractivity contribution in [2.45, 2.75) is 32.6 Å². The number of likely N-dealkylation sites (tertiary alicyclic amines) is 1. The Labute approximate surface area is 156 Å². The predicted molar refractivity (Wildman–Crippen MR) is 100 cm³/mol. The summed E-state index contributed by atoms with van der Waals surface area (Å²) in [5.74, 6) is -0.0781. The number of urea groups is 1. The van der Waals surface area contributed by atoms with Gasteiger partial charge in [0, 0.05) is 35.6 Å². The molecule has 3 rings (SSSR count). The maximum atomic E-state index is 13.0. The number of amides is 2. The fourth-order valence-electron chi connectivity index (χ4n) is 2.98. The Morgan fingerprint density at radius 2 is 1.88 bits per heavy atom. The van der Waals surface area contributed by atoms with E-state index in [2.05, 4.69) is 24.1 Å². The van der Waals surface area contributed by atoms with Crippen LogP contribution in [0.1, 0.15) is 47.8 Å². The van der Waals surface area contributed by atoms with Crippen molar-refractivity contribution in [3.05, 3.63) is 46.7 Å². The van der Waals surface area contributed by atoms with Gasteiger partial charge >= 0.3 is 6.03 Å². The molecule has 26 heavy (non-hydrogen) atoms. The summed E-state index contributed by atoms with van der Waals surface area (Å²) in [6.07, 6.45) is 3.01. The molecule has 0 spiro atoms. The summed E-state index contributed by atoms with van der Waals surface area (Å²) in [5.41, 5.74) is 0.526. The number of benzene rings is 1. The van der Waals surface area contributed by atoms with Crippen LogP contribution in [0, 0.1) is 11.7 Å². The van der Waals surface area contributed by atoms with E-state index in [4.69, 9.17) is 0 Å². The van der Waals surface area contributed by atoms with E-state index in [-0.39, 0.29) is 23.5 Å². The van der Waals surface area contributed by atoms with Crippen molar-refractivity contribution in [2.24, 2.45) is 5.92 Å². The highest BCUT2D eigenvalue weighted by atomic mass is 32.1. The third-order valence-corrected chi connectivity index (χ3v) is 5.80.